The number of aromatic nitrogens is 1. The minimum Gasteiger partial charge on any atom is -0.342 e. The molecule has 5 nitrogen and oxygen atoms in total. The van der Waals surface area contributed by atoms with Gasteiger partial charge >= 0.3 is 6.18 Å². The van der Waals surface area contributed by atoms with E-state index < -0.39 is 23.7 Å². The highest BCUT2D eigenvalue weighted by molar-refractivity contribution is 7.09. The highest BCUT2D eigenvalue weighted by Gasteiger charge is 2.32. The minimum absolute atomic E-state index is 0.0641. The number of carbonyl (C=O) groups excluding carboxylic acids is 2. The largest absolute Gasteiger partial charge is 0.416 e. The van der Waals surface area contributed by atoms with E-state index in [9.17, 15) is 22.8 Å². The lowest BCUT2D eigenvalue weighted by Crippen LogP contribution is -2.38. The van der Waals surface area contributed by atoms with Crippen molar-refractivity contribution in [2.24, 2.45) is 0 Å². The van der Waals surface area contributed by atoms with E-state index in [0.717, 1.165) is 12.1 Å². The number of hydrogen-bond acceptors (Lipinski definition) is 4. The van der Waals surface area contributed by atoms with Gasteiger partial charge in [0.15, 0.2) is 0 Å². The van der Waals surface area contributed by atoms with Crippen LogP contribution in [0.4, 0.5) is 13.2 Å². The summed E-state index contributed by atoms with van der Waals surface area (Å²) in [6.07, 6.45) is -3.37. The molecule has 1 aliphatic heterocycles. The lowest BCUT2D eigenvalue weighted by molar-refractivity contribution is -0.137. The molecule has 0 aliphatic carbocycles. The molecule has 2 aromatic rings. The van der Waals surface area contributed by atoms with Gasteiger partial charge in [0.2, 0.25) is 5.91 Å². The monoisotopic (exact) mass is 397 g/mol. The fourth-order valence-corrected chi connectivity index (χ4v) is 3.58. The van der Waals surface area contributed by atoms with E-state index in [-0.39, 0.29) is 18.1 Å². The SMILES string of the molecule is Cc1nc(C(=O)NC(CN2CCCC2=O)c2cccc(C(F)(F)F)c2)cs1. The number of hydrogen-bond donors (Lipinski definition) is 1. The Labute approximate surface area is 158 Å². The summed E-state index contributed by atoms with van der Waals surface area (Å²) in [7, 11) is 0. The molecular formula is C18H18F3N3O2S. The summed E-state index contributed by atoms with van der Waals surface area (Å²) in [6, 6.07) is 4.05. The summed E-state index contributed by atoms with van der Waals surface area (Å²) in [5.41, 5.74) is -0.288. The van der Waals surface area contributed by atoms with Crippen LogP contribution in [0.2, 0.25) is 0 Å². The van der Waals surface area contributed by atoms with Gasteiger partial charge in [0.1, 0.15) is 5.69 Å². The summed E-state index contributed by atoms with van der Waals surface area (Å²) in [5, 5.41) is 5.04. The zero-order valence-electron chi connectivity index (χ0n) is 14.5. The molecule has 3 rings (SSSR count). The molecule has 144 valence electrons. The third kappa shape index (κ3) is 4.65. The van der Waals surface area contributed by atoms with E-state index >= 15 is 0 Å². The quantitative estimate of drug-likeness (QED) is 0.839. The number of benzene rings is 1. The third-order valence-corrected chi connectivity index (χ3v) is 5.12. The normalized spacial score (nSPS) is 15.9. The lowest BCUT2D eigenvalue weighted by atomic mass is 10.0. The van der Waals surface area contributed by atoms with Crippen LogP contribution >= 0.6 is 11.3 Å². The second-order valence-corrected chi connectivity index (χ2v) is 7.41. The van der Waals surface area contributed by atoms with Crippen molar-refractivity contribution in [1.82, 2.24) is 15.2 Å². The van der Waals surface area contributed by atoms with Gasteiger partial charge in [-0.2, -0.15) is 13.2 Å². The highest BCUT2D eigenvalue weighted by Crippen LogP contribution is 2.31. The van der Waals surface area contributed by atoms with Crippen molar-refractivity contribution < 1.29 is 22.8 Å². The molecule has 27 heavy (non-hydrogen) atoms. The van der Waals surface area contributed by atoms with Crippen molar-refractivity contribution in [1.29, 1.82) is 0 Å². The fraction of sp³-hybridized carbons (Fsp3) is 0.389. The molecule has 2 amide bonds. The predicted molar refractivity (Wildman–Crippen MR) is 94.3 cm³/mol. The van der Waals surface area contributed by atoms with Crippen molar-refractivity contribution in [3.63, 3.8) is 0 Å². The van der Waals surface area contributed by atoms with Crippen LogP contribution in [-0.4, -0.2) is 34.8 Å². The first-order chi connectivity index (χ1) is 12.7. The van der Waals surface area contributed by atoms with Gasteiger partial charge in [0.05, 0.1) is 16.6 Å². The molecular weight excluding hydrogens is 379 g/mol. The van der Waals surface area contributed by atoms with E-state index in [1.807, 2.05) is 0 Å². The first kappa shape index (κ1) is 19.3. The molecule has 9 heteroatoms. The summed E-state index contributed by atoms with van der Waals surface area (Å²) < 4.78 is 39.2. The minimum atomic E-state index is -4.49. The maximum Gasteiger partial charge on any atom is 0.416 e. The average molecular weight is 397 g/mol. The van der Waals surface area contributed by atoms with Crippen LogP contribution in [0.1, 0.15) is 45.5 Å². The van der Waals surface area contributed by atoms with Crippen LogP contribution in [-0.2, 0) is 11.0 Å². The molecule has 2 heterocycles. The molecule has 1 aliphatic rings. The molecule has 0 radical (unpaired) electrons. The summed E-state index contributed by atoms with van der Waals surface area (Å²) in [6.45, 7) is 2.41. The standard InChI is InChI=1S/C18H18F3N3O2S/c1-11-22-15(10-27-11)17(26)23-14(9-24-7-3-6-16(24)25)12-4-2-5-13(8-12)18(19,20)21/h2,4-5,8,10,14H,3,6-7,9H2,1H3,(H,23,26). The predicted octanol–water partition coefficient (Wildman–Crippen LogP) is 3.56. The van der Waals surface area contributed by atoms with Gasteiger partial charge in [-0.1, -0.05) is 12.1 Å². The maximum absolute atomic E-state index is 13.1. The Morgan fingerprint density at radius 1 is 1.41 bits per heavy atom. The Hall–Kier alpha value is -2.42. The Morgan fingerprint density at radius 3 is 2.78 bits per heavy atom. The number of likely N-dealkylation sites (tertiary alicyclic amines) is 1. The number of rotatable bonds is 5. The van der Waals surface area contributed by atoms with Crippen molar-refractivity contribution in [3.8, 4) is 0 Å². The van der Waals surface area contributed by atoms with E-state index in [1.165, 1.54) is 23.5 Å². The summed E-state index contributed by atoms with van der Waals surface area (Å²) >= 11 is 1.31. The maximum atomic E-state index is 13.1. The smallest absolute Gasteiger partial charge is 0.342 e. The van der Waals surface area contributed by atoms with Crippen LogP contribution in [0, 0.1) is 6.92 Å². The van der Waals surface area contributed by atoms with Crippen LogP contribution < -0.4 is 5.32 Å². The molecule has 0 spiro atoms. The molecule has 1 atom stereocenters. The van der Waals surface area contributed by atoms with Gasteiger partial charge < -0.3 is 10.2 Å². The Bertz CT molecular complexity index is 850. The Balaban J connectivity index is 1.87. The molecule has 1 aromatic heterocycles. The Morgan fingerprint density at radius 2 is 2.19 bits per heavy atom. The fourth-order valence-electron chi connectivity index (χ4n) is 2.98. The Kier molecular flexibility index (Phi) is 5.50. The number of alkyl halides is 3. The molecule has 1 unspecified atom stereocenters. The third-order valence-electron chi connectivity index (χ3n) is 4.35. The van der Waals surface area contributed by atoms with Crippen molar-refractivity contribution in [2.45, 2.75) is 32.0 Å². The second-order valence-electron chi connectivity index (χ2n) is 6.34. The number of nitrogens with one attached hydrogen (secondary N) is 1. The van der Waals surface area contributed by atoms with E-state index in [0.29, 0.717) is 30.0 Å². The molecule has 0 bridgehead atoms. The molecule has 1 fully saturated rings. The molecule has 0 saturated carbocycles. The van der Waals surface area contributed by atoms with Gasteiger partial charge in [-0.05, 0) is 31.0 Å². The highest BCUT2D eigenvalue weighted by atomic mass is 32.1. The van der Waals surface area contributed by atoms with E-state index in [4.69, 9.17) is 0 Å². The molecule has 1 aromatic carbocycles. The van der Waals surface area contributed by atoms with E-state index in [2.05, 4.69) is 10.3 Å². The van der Waals surface area contributed by atoms with Gasteiger partial charge in [-0.3, -0.25) is 9.59 Å². The molecule has 1 N–H and O–H groups in total. The first-order valence-electron chi connectivity index (χ1n) is 8.42. The number of amides is 2. The van der Waals surface area contributed by atoms with Crippen LogP contribution in [0.25, 0.3) is 0 Å². The number of aryl methyl sites for hydroxylation is 1. The van der Waals surface area contributed by atoms with Gasteiger partial charge in [-0.25, -0.2) is 4.98 Å². The number of halogens is 3. The van der Waals surface area contributed by atoms with Crippen LogP contribution in [0.15, 0.2) is 29.6 Å². The van der Waals surface area contributed by atoms with Crippen molar-refractivity contribution in [3.05, 3.63) is 51.5 Å². The zero-order chi connectivity index (χ0) is 19.6. The van der Waals surface area contributed by atoms with Crippen molar-refractivity contribution in [2.75, 3.05) is 13.1 Å². The van der Waals surface area contributed by atoms with E-state index in [1.54, 1.807) is 17.2 Å². The summed E-state index contributed by atoms with van der Waals surface area (Å²) in [5.74, 6) is -0.542. The van der Waals surface area contributed by atoms with Crippen molar-refractivity contribution >= 4 is 23.2 Å². The number of thiazole rings is 1. The number of nitrogens with zero attached hydrogens (tertiary/aromatic N) is 2. The van der Waals surface area contributed by atoms with Crippen LogP contribution in [0.3, 0.4) is 0 Å². The van der Waals surface area contributed by atoms with Gasteiger partial charge in [-0.15, -0.1) is 11.3 Å². The number of carbonyl (C=O) groups is 2. The second kappa shape index (κ2) is 7.67. The van der Waals surface area contributed by atoms with Crippen LogP contribution in [0.5, 0.6) is 0 Å². The van der Waals surface area contributed by atoms with Gasteiger partial charge in [0.25, 0.3) is 5.91 Å². The lowest BCUT2D eigenvalue weighted by Gasteiger charge is -2.25. The van der Waals surface area contributed by atoms with Gasteiger partial charge in [0, 0.05) is 24.9 Å². The first-order valence-corrected chi connectivity index (χ1v) is 9.30. The molecule has 1 saturated heterocycles. The zero-order valence-corrected chi connectivity index (χ0v) is 15.4. The topological polar surface area (TPSA) is 62.3 Å². The summed E-state index contributed by atoms with van der Waals surface area (Å²) in [4.78, 5) is 30.1. The average Bonchev–Trinajstić information content (AvgIpc) is 3.22.